The van der Waals surface area contributed by atoms with Gasteiger partial charge < -0.3 is 5.32 Å². The van der Waals surface area contributed by atoms with Crippen molar-refractivity contribution in [2.75, 3.05) is 6.54 Å². The van der Waals surface area contributed by atoms with Crippen LogP contribution in [0.3, 0.4) is 0 Å². The number of hydrogen-bond acceptors (Lipinski definition) is 2. The van der Waals surface area contributed by atoms with E-state index < -0.39 is 29.8 Å². The standard InChI is InChI=1S/C21H22Cl2F5N3O/c1-12(10-31-19(29-2)21(26,27)28)15(13-6-8-20(24,25)9-7-13)11-30-18(32)14-4-3-5-16(22)17(14)23/h3-5,10,13,15H,2,6-9,11H2,1H3,(H,30,32)/b12-10+,31-19-. The summed E-state index contributed by atoms with van der Waals surface area (Å²) in [5.41, 5.74) is 0.520. The Bertz CT molecular complexity index is 905. The summed E-state index contributed by atoms with van der Waals surface area (Å²) < 4.78 is 65.8. The van der Waals surface area contributed by atoms with E-state index in [2.05, 4.69) is 22.0 Å². The van der Waals surface area contributed by atoms with Crippen LogP contribution in [-0.4, -0.2) is 37.1 Å². The normalized spacial score (nSPS) is 18.9. The highest BCUT2D eigenvalue weighted by Crippen LogP contribution is 2.41. The molecule has 1 fully saturated rings. The van der Waals surface area contributed by atoms with E-state index in [1.165, 1.54) is 19.1 Å². The molecule has 0 aliphatic heterocycles. The monoisotopic (exact) mass is 497 g/mol. The molecule has 4 nitrogen and oxygen atoms in total. The molecule has 1 amide bonds. The molecule has 0 saturated heterocycles. The molecule has 0 aromatic heterocycles. The van der Waals surface area contributed by atoms with Crippen LogP contribution in [0.2, 0.25) is 10.0 Å². The van der Waals surface area contributed by atoms with Crippen molar-refractivity contribution < 1.29 is 26.7 Å². The molecule has 176 valence electrons. The number of carbonyl (C=O) groups is 1. The van der Waals surface area contributed by atoms with Gasteiger partial charge in [-0.25, -0.2) is 18.8 Å². The molecule has 2 rings (SSSR count). The quantitative estimate of drug-likeness (QED) is 0.264. The predicted octanol–water partition coefficient (Wildman–Crippen LogP) is 6.73. The summed E-state index contributed by atoms with van der Waals surface area (Å²) in [7, 11) is 0. The minimum absolute atomic E-state index is 0.00135. The van der Waals surface area contributed by atoms with Crippen LogP contribution < -0.4 is 5.32 Å². The Kier molecular flexibility index (Phi) is 8.82. The van der Waals surface area contributed by atoms with Crippen LogP contribution in [0.5, 0.6) is 0 Å². The van der Waals surface area contributed by atoms with Gasteiger partial charge in [-0.1, -0.05) is 29.3 Å². The molecule has 0 spiro atoms. The van der Waals surface area contributed by atoms with Crippen LogP contribution in [0.1, 0.15) is 43.0 Å². The number of rotatable bonds is 6. The second kappa shape index (κ2) is 10.7. The van der Waals surface area contributed by atoms with Crippen molar-refractivity contribution in [3.8, 4) is 0 Å². The van der Waals surface area contributed by atoms with Crippen molar-refractivity contribution in [2.24, 2.45) is 21.8 Å². The highest BCUT2D eigenvalue weighted by Gasteiger charge is 2.38. The SMILES string of the molecule is C=N/C(=N\C=C(/C)C(CNC(=O)c1cccc(Cl)c1Cl)C1CCC(F)(F)CC1)C(F)(F)F. The first kappa shape index (κ1) is 26.3. The average molecular weight is 498 g/mol. The van der Waals surface area contributed by atoms with Gasteiger partial charge in [-0.05, 0) is 50.1 Å². The minimum Gasteiger partial charge on any atom is -0.351 e. The van der Waals surface area contributed by atoms with Crippen LogP contribution in [-0.2, 0) is 0 Å². The zero-order valence-corrected chi connectivity index (χ0v) is 18.7. The van der Waals surface area contributed by atoms with Crippen molar-refractivity contribution in [2.45, 2.75) is 44.7 Å². The van der Waals surface area contributed by atoms with Gasteiger partial charge in [0, 0.05) is 31.5 Å². The smallest absolute Gasteiger partial charge is 0.351 e. The summed E-state index contributed by atoms with van der Waals surface area (Å²) in [5.74, 6) is -5.52. The highest BCUT2D eigenvalue weighted by atomic mass is 35.5. The minimum atomic E-state index is -4.78. The van der Waals surface area contributed by atoms with Crippen LogP contribution in [0.25, 0.3) is 0 Å². The van der Waals surface area contributed by atoms with Gasteiger partial charge in [0.1, 0.15) is 0 Å². The molecule has 1 saturated carbocycles. The topological polar surface area (TPSA) is 53.8 Å². The molecule has 0 bridgehead atoms. The Labute approximate surface area is 192 Å². The van der Waals surface area contributed by atoms with Crippen LogP contribution in [0.4, 0.5) is 22.0 Å². The lowest BCUT2D eigenvalue weighted by atomic mass is 9.76. The number of benzene rings is 1. The molecule has 1 N–H and O–H groups in total. The van der Waals surface area contributed by atoms with Crippen molar-refractivity contribution >= 4 is 41.7 Å². The van der Waals surface area contributed by atoms with Gasteiger partial charge in [-0.15, -0.1) is 0 Å². The molecule has 1 atom stereocenters. The fraction of sp³-hybridized carbons (Fsp3) is 0.476. The summed E-state index contributed by atoms with van der Waals surface area (Å²) in [6.45, 7) is 4.41. The van der Waals surface area contributed by atoms with Crippen molar-refractivity contribution in [3.63, 3.8) is 0 Å². The molecule has 0 radical (unpaired) electrons. The number of halogens is 7. The maximum Gasteiger partial charge on any atom is 0.451 e. The number of hydrogen-bond donors (Lipinski definition) is 1. The maximum absolute atomic E-state index is 13.6. The molecule has 1 unspecified atom stereocenters. The molecule has 32 heavy (non-hydrogen) atoms. The molecular weight excluding hydrogens is 476 g/mol. The number of amidine groups is 1. The Morgan fingerprint density at radius 2 is 1.94 bits per heavy atom. The first-order chi connectivity index (χ1) is 14.9. The summed E-state index contributed by atoms with van der Waals surface area (Å²) in [6, 6.07) is 4.53. The van der Waals surface area contributed by atoms with Gasteiger partial charge >= 0.3 is 6.18 Å². The number of aliphatic imine (C=N–C) groups is 2. The van der Waals surface area contributed by atoms with E-state index >= 15 is 0 Å². The fourth-order valence-corrected chi connectivity index (χ4v) is 3.99. The van der Waals surface area contributed by atoms with Crippen molar-refractivity contribution in [3.05, 3.63) is 45.6 Å². The predicted molar refractivity (Wildman–Crippen MR) is 116 cm³/mol. The van der Waals surface area contributed by atoms with Gasteiger partial charge in [-0.3, -0.25) is 4.79 Å². The van der Waals surface area contributed by atoms with Crippen LogP contribution in [0, 0.1) is 11.8 Å². The van der Waals surface area contributed by atoms with E-state index in [0.717, 1.165) is 6.20 Å². The number of nitrogens with zero attached hydrogens (tertiary/aromatic N) is 2. The summed E-state index contributed by atoms with van der Waals surface area (Å²) in [5, 5.41) is 2.93. The Balaban J connectivity index is 2.25. The second-order valence-corrected chi connectivity index (χ2v) is 8.38. The van der Waals surface area contributed by atoms with Crippen LogP contribution >= 0.6 is 23.2 Å². The Hall–Kier alpha value is -2.00. The zero-order valence-electron chi connectivity index (χ0n) is 17.2. The molecule has 1 aliphatic carbocycles. The number of amides is 1. The van der Waals surface area contributed by atoms with E-state index in [1.807, 2.05) is 0 Å². The second-order valence-electron chi connectivity index (χ2n) is 7.59. The Morgan fingerprint density at radius 1 is 1.31 bits per heavy atom. The van der Waals surface area contributed by atoms with E-state index in [9.17, 15) is 26.7 Å². The molecular formula is C21H22Cl2F5N3O. The first-order valence-corrected chi connectivity index (χ1v) is 10.5. The van der Waals surface area contributed by atoms with Gasteiger partial charge in [0.25, 0.3) is 5.91 Å². The number of nitrogens with one attached hydrogen (secondary N) is 1. The third-order valence-electron chi connectivity index (χ3n) is 5.39. The third-order valence-corrected chi connectivity index (χ3v) is 6.21. The van der Waals surface area contributed by atoms with Gasteiger partial charge in [0.05, 0.1) is 15.6 Å². The van der Waals surface area contributed by atoms with Gasteiger partial charge in [-0.2, -0.15) is 13.2 Å². The first-order valence-electron chi connectivity index (χ1n) is 9.74. The van der Waals surface area contributed by atoms with Crippen molar-refractivity contribution in [1.82, 2.24) is 5.32 Å². The summed E-state index contributed by atoms with van der Waals surface area (Å²) >= 11 is 12.0. The van der Waals surface area contributed by atoms with E-state index in [1.54, 1.807) is 6.07 Å². The average Bonchev–Trinajstić information content (AvgIpc) is 2.70. The lowest BCUT2D eigenvalue weighted by Gasteiger charge is -2.34. The molecule has 1 aromatic carbocycles. The van der Waals surface area contributed by atoms with Crippen LogP contribution in [0.15, 0.2) is 40.0 Å². The molecule has 1 aliphatic rings. The van der Waals surface area contributed by atoms with E-state index in [4.69, 9.17) is 23.2 Å². The lowest BCUT2D eigenvalue weighted by molar-refractivity contribution is -0.0597. The number of alkyl halides is 5. The fourth-order valence-electron chi connectivity index (χ4n) is 3.60. The highest BCUT2D eigenvalue weighted by molar-refractivity contribution is 6.43. The summed E-state index contributed by atoms with van der Waals surface area (Å²) in [4.78, 5) is 18.8. The molecule has 11 heteroatoms. The van der Waals surface area contributed by atoms with E-state index in [-0.39, 0.29) is 53.8 Å². The van der Waals surface area contributed by atoms with Crippen molar-refractivity contribution in [1.29, 1.82) is 0 Å². The largest absolute Gasteiger partial charge is 0.451 e. The van der Waals surface area contributed by atoms with E-state index in [0.29, 0.717) is 5.57 Å². The molecule has 1 aromatic rings. The number of carbonyl (C=O) groups excluding carboxylic acids is 1. The summed E-state index contributed by atoms with van der Waals surface area (Å²) in [6.07, 6.45) is -4.13. The maximum atomic E-state index is 13.6. The zero-order chi connectivity index (χ0) is 24.1. The van der Waals surface area contributed by atoms with Gasteiger partial charge in [0.2, 0.25) is 11.8 Å². The molecule has 0 heterocycles. The Morgan fingerprint density at radius 3 is 2.50 bits per heavy atom. The third kappa shape index (κ3) is 7.00. The lowest BCUT2D eigenvalue weighted by Crippen LogP contribution is -2.36. The van der Waals surface area contributed by atoms with Gasteiger partial charge in [0.15, 0.2) is 0 Å².